The molecule has 1 rings (SSSR count). The molecular formula is C11H14O5. The average molecular weight is 226 g/mol. The largest absolute Gasteiger partial charge is 0.478 e. The fourth-order valence-corrected chi connectivity index (χ4v) is 1.38. The van der Waals surface area contributed by atoms with Crippen molar-refractivity contribution in [3.63, 3.8) is 0 Å². The van der Waals surface area contributed by atoms with Gasteiger partial charge in [-0.15, -0.1) is 0 Å². The molecule has 0 aliphatic heterocycles. The Morgan fingerprint density at radius 1 is 1.38 bits per heavy atom. The summed E-state index contributed by atoms with van der Waals surface area (Å²) in [6.45, 7) is 1.06. The van der Waals surface area contributed by atoms with Gasteiger partial charge < -0.3 is 20.4 Å². The summed E-state index contributed by atoms with van der Waals surface area (Å²) in [6.07, 6.45) is -2.60. The van der Waals surface area contributed by atoms with E-state index in [2.05, 4.69) is 0 Å². The van der Waals surface area contributed by atoms with Crippen LogP contribution in [-0.4, -0.2) is 39.1 Å². The number of aryl methyl sites for hydroxylation is 1. The maximum Gasteiger partial charge on any atom is 0.335 e. The van der Waals surface area contributed by atoms with Crippen LogP contribution in [0.15, 0.2) is 18.2 Å². The Bertz CT molecular complexity index is 388. The van der Waals surface area contributed by atoms with Crippen LogP contribution in [0.3, 0.4) is 0 Å². The number of aliphatic hydroxyl groups excluding tert-OH is 3. The van der Waals surface area contributed by atoms with E-state index in [9.17, 15) is 15.0 Å². The molecule has 0 aliphatic carbocycles. The lowest BCUT2D eigenvalue weighted by atomic mass is 9.99. The molecule has 0 spiro atoms. The zero-order valence-corrected chi connectivity index (χ0v) is 8.79. The van der Waals surface area contributed by atoms with Crippen LogP contribution in [-0.2, 0) is 0 Å². The first-order valence-electron chi connectivity index (χ1n) is 4.78. The molecule has 0 amide bonds. The third-order valence-corrected chi connectivity index (χ3v) is 2.39. The molecule has 0 fully saturated rings. The van der Waals surface area contributed by atoms with E-state index in [1.165, 1.54) is 12.1 Å². The second-order valence-electron chi connectivity index (χ2n) is 3.57. The molecule has 0 saturated heterocycles. The number of benzene rings is 1. The van der Waals surface area contributed by atoms with Crippen LogP contribution in [0.4, 0.5) is 0 Å². The summed E-state index contributed by atoms with van der Waals surface area (Å²) in [5.41, 5.74) is 0.910. The molecule has 2 atom stereocenters. The Morgan fingerprint density at radius 2 is 2.00 bits per heavy atom. The molecule has 4 N–H and O–H groups in total. The predicted molar refractivity (Wildman–Crippen MR) is 56.2 cm³/mol. The van der Waals surface area contributed by atoms with Gasteiger partial charge in [-0.05, 0) is 24.1 Å². The molecule has 0 saturated carbocycles. The minimum Gasteiger partial charge on any atom is -0.478 e. The number of carbonyl (C=O) groups is 1. The van der Waals surface area contributed by atoms with Crippen LogP contribution in [0.5, 0.6) is 0 Å². The number of rotatable bonds is 4. The topological polar surface area (TPSA) is 98.0 Å². The van der Waals surface area contributed by atoms with Gasteiger partial charge in [-0.1, -0.05) is 12.1 Å². The van der Waals surface area contributed by atoms with E-state index in [1.54, 1.807) is 13.0 Å². The van der Waals surface area contributed by atoms with Gasteiger partial charge in [0.1, 0.15) is 12.2 Å². The number of aromatic carboxylic acids is 1. The van der Waals surface area contributed by atoms with Gasteiger partial charge in [0.25, 0.3) is 0 Å². The van der Waals surface area contributed by atoms with E-state index in [-0.39, 0.29) is 11.1 Å². The molecule has 5 heteroatoms. The Hall–Kier alpha value is -1.43. The van der Waals surface area contributed by atoms with E-state index in [4.69, 9.17) is 10.2 Å². The molecule has 0 aromatic heterocycles. The normalized spacial score (nSPS) is 14.5. The molecule has 0 heterocycles. The standard InChI is InChI=1S/C11H14O5/c1-6-2-3-7(4-8(6)11(15)16)10(14)9(13)5-12/h2-4,9-10,12-14H,5H2,1H3,(H,15,16). The van der Waals surface area contributed by atoms with Gasteiger partial charge in [-0.2, -0.15) is 0 Å². The smallest absolute Gasteiger partial charge is 0.335 e. The Balaban J connectivity index is 3.07. The third kappa shape index (κ3) is 2.57. The summed E-state index contributed by atoms with van der Waals surface area (Å²) >= 11 is 0. The number of hydrogen-bond donors (Lipinski definition) is 4. The highest BCUT2D eigenvalue weighted by Gasteiger charge is 2.19. The van der Waals surface area contributed by atoms with Crippen molar-refractivity contribution < 1.29 is 25.2 Å². The van der Waals surface area contributed by atoms with Crippen LogP contribution in [0, 0.1) is 6.92 Å². The van der Waals surface area contributed by atoms with Gasteiger partial charge in [-0.25, -0.2) is 4.79 Å². The molecule has 5 nitrogen and oxygen atoms in total. The summed E-state index contributed by atoms with van der Waals surface area (Å²) in [5, 5.41) is 36.4. The van der Waals surface area contributed by atoms with Crippen molar-refractivity contribution in [1.29, 1.82) is 0 Å². The fraction of sp³-hybridized carbons (Fsp3) is 0.364. The first kappa shape index (κ1) is 12.6. The molecule has 88 valence electrons. The lowest BCUT2D eigenvalue weighted by Crippen LogP contribution is -2.22. The van der Waals surface area contributed by atoms with Gasteiger partial charge in [0.2, 0.25) is 0 Å². The average Bonchev–Trinajstić information content (AvgIpc) is 2.27. The van der Waals surface area contributed by atoms with Crippen molar-refractivity contribution in [3.8, 4) is 0 Å². The van der Waals surface area contributed by atoms with Gasteiger partial charge in [0.05, 0.1) is 12.2 Å². The summed E-state index contributed by atoms with van der Waals surface area (Å²) in [4.78, 5) is 10.8. The minimum atomic E-state index is -1.32. The first-order chi connectivity index (χ1) is 7.47. The lowest BCUT2D eigenvalue weighted by molar-refractivity contribution is -0.0153. The Labute approximate surface area is 92.6 Å². The number of hydrogen-bond acceptors (Lipinski definition) is 4. The van der Waals surface area contributed by atoms with E-state index in [0.29, 0.717) is 5.56 Å². The van der Waals surface area contributed by atoms with Gasteiger partial charge in [0.15, 0.2) is 0 Å². The monoisotopic (exact) mass is 226 g/mol. The number of carboxylic acid groups (broad SMARTS) is 1. The zero-order valence-electron chi connectivity index (χ0n) is 8.79. The Kier molecular flexibility index (Phi) is 4.00. The highest BCUT2D eigenvalue weighted by atomic mass is 16.4. The van der Waals surface area contributed by atoms with Crippen molar-refractivity contribution in [2.45, 2.75) is 19.1 Å². The first-order valence-corrected chi connectivity index (χ1v) is 4.78. The zero-order chi connectivity index (χ0) is 12.3. The fourth-order valence-electron chi connectivity index (χ4n) is 1.38. The molecule has 1 aromatic rings. The Morgan fingerprint density at radius 3 is 2.50 bits per heavy atom. The number of carboxylic acids is 1. The van der Waals surface area contributed by atoms with E-state index >= 15 is 0 Å². The summed E-state index contributed by atoms with van der Waals surface area (Å²) in [5.74, 6) is -1.09. The molecule has 0 bridgehead atoms. The van der Waals surface area contributed by atoms with Crippen molar-refractivity contribution in [1.82, 2.24) is 0 Å². The second kappa shape index (κ2) is 5.07. The maximum absolute atomic E-state index is 10.8. The quantitative estimate of drug-likeness (QED) is 0.583. The molecule has 0 aliphatic rings. The maximum atomic E-state index is 10.8. The minimum absolute atomic E-state index is 0.0710. The second-order valence-corrected chi connectivity index (χ2v) is 3.57. The summed E-state index contributed by atoms with van der Waals surface area (Å²) in [6, 6.07) is 4.36. The van der Waals surface area contributed by atoms with Gasteiger partial charge in [0, 0.05) is 0 Å². The van der Waals surface area contributed by atoms with Crippen molar-refractivity contribution in [2.24, 2.45) is 0 Å². The lowest BCUT2D eigenvalue weighted by Gasteiger charge is -2.16. The van der Waals surface area contributed by atoms with Gasteiger partial charge >= 0.3 is 5.97 Å². The summed E-state index contributed by atoms with van der Waals surface area (Å²) < 4.78 is 0. The van der Waals surface area contributed by atoms with Crippen LogP contribution >= 0.6 is 0 Å². The van der Waals surface area contributed by atoms with Crippen molar-refractivity contribution in [2.75, 3.05) is 6.61 Å². The number of aliphatic hydroxyl groups is 3. The molecule has 2 unspecified atom stereocenters. The highest BCUT2D eigenvalue weighted by Crippen LogP contribution is 2.20. The predicted octanol–water partition coefficient (Wildman–Crippen LogP) is 0.0798. The molecular weight excluding hydrogens is 212 g/mol. The van der Waals surface area contributed by atoms with Crippen LogP contribution < -0.4 is 0 Å². The van der Waals surface area contributed by atoms with E-state index in [0.717, 1.165) is 0 Å². The van der Waals surface area contributed by atoms with Crippen LogP contribution in [0.25, 0.3) is 0 Å². The molecule has 16 heavy (non-hydrogen) atoms. The molecule has 0 radical (unpaired) electrons. The summed E-state index contributed by atoms with van der Waals surface area (Å²) in [7, 11) is 0. The van der Waals surface area contributed by atoms with Gasteiger partial charge in [-0.3, -0.25) is 0 Å². The SMILES string of the molecule is Cc1ccc(C(O)C(O)CO)cc1C(=O)O. The van der Waals surface area contributed by atoms with E-state index < -0.39 is 24.8 Å². The van der Waals surface area contributed by atoms with Crippen LogP contribution in [0.2, 0.25) is 0 Å². The van der Waals surface area contributed by atoms with Crippen molar-refractivity contribution in [3.05, 3.63) is 34.9 Å². The van der Waals surface area contributed by atoms with Crippen LogP contribution in [0.1, 0.15) is 27.6 Å². The van der Waals surface area contributed by atoms with Crippen molar-refractivity contribution >= 4 is 5.97 Å². The van der Waals surface area contributed by atoms with E-state index in [1.807, 2.05) is 0 Å². The highest BCUT2D eigenvalue weighted by molar-refractivity contribution is 5.89. The molecule has 1 aromatic carbocycles. The third-order valence-electron chi connectivity index (χ3n) is 2.39.